The first kappa shape index (κ1) is 24.1. The number of nitrogens with zero attached hydrogens (tertiary/aromatic N) is 4. The fourth-order valence-corrected chi connectivity index (χ4v) is 3.42. The number of hydrogen-bond donors (Lipinski definition) is 3. The second-order valence-corrected chi connectivity index (χ2v) is 9.05. The highest BCUT2D eigenvalue weighted by Crippen LogP contribution is 2.35. The number of hydrogen-bond acceptors (Lipinski definition) is 7. The Kier molecular flexibility index (Phi) is 8.62. The Morgan fingerprint density at radius 1 is 1.33 bits per heavy atom. The van der Waals surface area contributed by atoms with Gasteiger partial charge in [-0.3, -0.25) is 0 Å². The van der Waals surface area contributed by atoms with Crippen LogP contribution in [0.15, 0.2) is 0 Å². The molecule has 1 aromatic rings. The van der Waals surface area contributed by atoms with E-state index >= 15 is 0 Å². The van der Waals surface area contributed by atoms with Crippen molar-refractivity contribution in [2.75, 3.05) is 13.2 Å². The molecular weight excluding hydrogens is 384 g/mol. The predicted molar refractivity (Wildman–Crippen MR) is 113 cm³/mol. The quantitative estimate of drug-likeness (QED) is 0.370. The van der Waals surface area contributed by atoms with E-state index in [0.29, 0.717) is 25.4 Å². The van der Waals surface area contributed by atoms with Crippen molar-refractivity contribution in [1.29, 1.82) is 0 Å². The molecule has 1 amide bonds. The molecule has 1 saturated carbocycles. The summed E-state index contributed by atoms with van der Waals surface area (Å²) < 4.78 is 7.05. The average molecular weight is 421 g/mol. The van der Waals surface area contributed by atoms with Gasteiger partial charge in [0.2, 0.25) is 0 Å². The van der Waals surface area contributed by atoms with Crippen molar-refractivity contribution in [3.8, 4) is 11.8 Å². The highest BCUT2D eigenvalue weighted by atomic mass is 16.6. The van der Waals surface area contributed by atoms with Crippen LogP contribution in [-0.4, -0.2) is 56.2 Å². The molecule has 0 bridgehead atoms. The van der Waals surface area contributed by atoms with E-state index in [4.69, 9.17) is 4.74 Å². The topological polar surface area (TPSA) is 114 Å². The lowest BCUT2D eigenvalue weighted by Gasteiger charge is -2.30. The first-order valence-electron chi connectivity index (χ1n) is 10.7. The molecule has 168 valence electrons. The maximum absolute atomic E-state index is 11.8. The van der Waals surface area contributed by atoms with Gasteiger partial charge >= 0.3 is 6.09 Å². The molecule has 0 radical (unpaired) electrons. The number of unbranched alkanes of at least 4 members (excludes halogenated alkanes) is 1. The van der Waals surface area contributed by atoms with Gasteiger partial charge in [0.1, 0.15) is 5.60 Å². The van der Waals surface area contributed by atoms with Gasteiger partial charge in [0.05, 0.1) is 5.54 Å². The molecule has 9 nitrogen and oxygen atoms in total. The van der Waals surface area contributed by atoms with Crippen molar-refractivity contribution in [2.45, 2.75) is 90.4 Å². The molecule has 1 heterocycles. The van der Waals surface area contributed by atoms with Crippen LogP contribution in [0.4, 0.5) is 4.79 Å². The highest BCUT2D eigenvalue weighted by Gasteiger charge is 2.43. The molecule has 1 aliphatic rings. The fraction of sp³-hybridized carbons (Fsp3) is 0.810. The number of alkyl carbamates (subject to hydrolysis) is 1. The van der Waals surface area contributed by atoms with E-state index in [2.05, 4.69) is 44.9 Å². The van der Waals surface area contributed by atoms with E-state index in [1.54, 1.807) is 4.68 Å². The number of carbonyl (C=O) groups is 1. The normalized spacial score (nSPS) is 20.1. The third kappa shape index (κ3) is 7.58. The Hall–Kier alpha value is -2.18. The van der Waals surface area contributed by atoms with Gasteiger partial charge < -0.3 is 20.5 Å². The maximum atomic E-state index is 11.8. The molecule has 1 aromatic heterocycles. The van der Waals surface area contributed by atoms with Gasteiger partial charge in [-0.15, -0.1) is 16.9 Å². The van der Waals surface area contributed by atoms with Gasteiger partial charge in [-0.25, -0.2) is 9.48 Å². The van der Waals surface area contributed by atoms with Crippen LogP contribution in [0.2, 0.25) is 0 Å². The number of aryl methyl sites for hydroxylation is 1. The van der Waals surface area contributed by atoms with E-state index < -0.39 is 17.2 Å². The zero-order valence-corrected chi connectivity index (χ0v) is 18.9. The zero-order chi connectivity index (χ0) is 22.2. The van der Waals surface area contributed by atoms with E-state index in [1.807, 2.05) is 27.7 Å². The third-order valence-corrected chi connectivity index (χ3v) is 5.06. The summed E-state index contributed by atoms with van der Waals surface area (Å²) in [6.07, 6.45) is 3.80. The van der Waals surface area contributed by atoms with Gasteiger partial charge in [-0.1, -0.05) is 0 Å². The largest absolute Gasteiger partial charge is 0.444 e. The predicted octanol–water partition coefficient (Wildman–Crippen LogP) is 1.97. The number of carbonyl (C=O) groups excluding carboxylic acids is 1. The first-order chi connectivity index (χ1) is 14.2. The molecule has 9 heteroatoms. The summed E-state index contributed by atoms with van der Waals surface area (Å²) >= 11 is 0. The van der Waals surface area contributed by atoms with Crippen molar-refractivity contribution < 1.29 is 14.6 Å². The summed E-state index contributed by atoms with van der Waals surface area (Å²) in [6, 6.07) is 0.274. The molecule has 3 N–H and O–H groups in total. The summed E-state index contributed by atoms with van der Waals surface area (Å²) in [5.41, 5.74) is -0.927. The van der Waals surface area contributed by atoms with Crippen molar-refractivity contribution in [2.24, 2.45) is 5.92 Å². The van der Waals surface area contributed by atoms with Crippen LogP contribution in [0, 0.1) is 17.8 Å². The number of rotatable bonds is 11. The number of aliphatic hydroxyl groups excluding tert-OH is 1. The van der Waals surface area contributed by atoms with Gasteiger partial charge in [0.25, 0.3) is 0 Å². The Morgan fingerprint density at radius 3 is 2.73 bits per heavy atom. The minimum Gasteiger partial charge on any atom is -0.444 e. The van der Waals surface area contributed by atoms with Crippen LogP contribution in [0.3, 0.4) is 0 Å². The molecule has 0 aliphatic heterocycles. The average Bonchev–Trinajstić information content (AvgIpc) is 3.22. The van der Waals surface area contributed by atoms with Crippen LogP contribution >= 0.6 is 0 Å². The standard InChI is InChI=1S/C21H36N6O3/c1-6-7-8-9-11-21(5,23-17-14-16(17)15-28)18-24-25-26-27(18)13-10-12-22-19(29)30-20(2,3)4/h16-17,23,28H,8-15H2,1-5H3,(H,22,29)/t16-,17-,21?/m1/s1. The van der Waals surface area contributed by atoms with Crippen molar-refractivity contribution in [3.63, 3.8) is 0 Å². The van der Waals surface area contributed by atoms with Crippen LogP contribution in [0.25, 0.3) is 0 Å². The maximum Gasteiger partial charge on any atom is 0.407 e. The Bertz CT molecular complexity index is 748. The molecule has 1 unspecified atom stereocenters. The lowest BCUT2D eigenvalue weighted by Crippen LogP contribution is -2.44. The molecule has 3 atom stereocenters. The molecule has 0 spiro atoms. The minimum atomic E-state index is -0.516. The van der Waals surface area contributed by atoms with E-state index in [-0.39, 0.29) is 12.6 Å². The molecular formula is C21H36N6O3. The number of ether oxygens (including phenoxy) is 1. The molecule has 1 fully saturated rings. The van der Waals surface area contributed by atoms with Gasteiger partial charge in [-0.2, -0.15) is 0 Å². The van der Waals surface area contributed by atoms with Crippen LogP contribution in [0.1, 0.15) is 72.5 Å². The minimum absolute atomic E-state index is 0.191. The second-order valence-electron chi connectivity index (χ2n) is 9.05. The van der Waals surface area contributed by atoms with Crippen molar-refractivity contribution >= 4 is 6.09 Å². The van der Waals surface area contributed by atoms with E-state index in [9.17, 15) is 9.90 Å². The van der Waals surface area contributed by atoms with Gasteiger partial charge in [-0.05, 0) is 76.6 Å². The number of aliphatic hydroxyl groups is 1. The summed E-state index contributed by atoms with van der Waals surface area (Å²) in [7, 11) is 0. The Labute approximate surface area is 179 Å². The highest BCUT2D eigenvalue weighted by molar-refractivity contribution is 5.67. The summed E-state index contributed by atoms with van der Waals surface area (Å²) in [5.74, 6) is 7.11. The summed E-state index contributed by atoms with van der Waals surface area (Å²) in [4.78, 5) is 11.8. The Balaban J connectivity index is 1.96. The first-order valence-corrected chi connectivity index (χ1v) is 10.7. The van der Waals surface area contributed by atoms with Crippen LogP contribution < -0.4 is 10.6 Å². The molecule has 30 heavy (non-hydrogen) atoms. The van der Waals surface area contributed by atoms with E-state index in [1.165, 1.54) is 0 Å². The summed E-state index contributed by atoms with van der Waals surface area (Å²) in [5, 5.41) is 28.2. The monoisotopic (exact) mass is 420 g/mol. The van der Waals surface area contributed by atoms with Crippen molar-refractivity contribution in [1.82, 2.24) is 30.8 Å². The molecule has 1 aliphatic carbocycles. The molecule has 0 saturated heterocycles. The molecule has 2 rings (SSSR count). The van der Waals surface area contributed by atoms with Crippen LogP contribution in [0.5, 0.6) is 0 Å². The van der Waals surface area contributed by atoms with Crippen LogP contribution in [-0.2, 0) is 16.8 Å². The number of amides is 1. The number of aromatic nitrogens is 4. The van der Waals surface area contributed by atoms with Gasteiger partial charge in [0.15, 0.2) is 5.82 Å². The lowest BCUT2D eigenvalue weighted by atomic mass is 9.93. The van der Waals surface area contributed by atoms with Gasteiger partial charge in [0, 0.05) is 32.2 Å². The number of nitrogens with one attached hydrogen (secondary N) is 2. The smallest absolute Gasteiger partial charge is 0.407 e. The zero-order valence-electron chi connectivity index (χ0n) is 18.9. The SMILES string of the molecule is CC#CCCCC(C)(N[C@@H]1C[C@@H]1CO)c1nnnn1CCCNC(=O)OC(C)(C)C. The van der Waals surface area contributed by atoms with E-state index in [0.717, 1.165) is 31.5 Å². The molecule has 0 aromatic carbocycles. The Morgan fingerprint density at radius 2 is 2.10 bits per heavy atom. The van der Waals surface area contributed by atoms with Crippen molar-refractivity contribution in [3.05, 3.63) is 5.82 Å². The fourth-order valence-electron chi connectivity index (χ4n) is 3.42. The third-order valence-electron chi connectivity index (χ3n) is 5.06. The lowest BCUT2D eigenvalue weighted by molar-refractivity contribution is 0.0526. The summed E-state index contributed by atoms with van der Waals surface area (Å²) in [6.45, 7) is 10.7. The number of tetrazole rings is 1. The second kappa shape index (κ2) is 10.7.